The molecule has 21 heavy (non-hydrogen) atoms. The molecular formula is C14H13F4N3. The molecule has 0 amide bonds. The summed E-state index contributed by atoms with van der Waals surface area (Å²) in [5.41, 5.74) is -0.155. The Morgan fingerprint density at radius 2 is 1.57 bits per heavy atom. The third kappa shape index (κ3) is 3.24. The van der Waals surface area contributed by atoms with E-state index >= 15 is 0 Å². The molecule has 0 saturated carbocycles. The van der Waals surface area contributed by atoms with Crippen LogP contribution >= 0.6 is 0 Å². The lowest BCUT2D eigenvalue weighted by molar-refractivity contribution is 0.578. The van der Waals surface area contributed by atoms with Crippen LogP contribution in [0.4, 0.5) is 34.9 Å². The van der Waals surface area contributed by atoms with E-state index in [9.17, 15) is 17.6 Å². The average molecular weight is 299 g/mol. The molecule has 1 heterocycles. The first-order valence-corrected chi connectivity index (χ1v) is 6.25. The molecule has 2 N–H and O–H groups in total. The predicted molar refractivity (Wildman–Crippen MR) is 72.7 cm³/mol. The fourth-order valence-electron chi connectivity index (χ4n) is 1.72. The summed E-state index contributed by atoms with van der Waals surface area (Å²) in [6, 6.07) is 2.49. The molecule has 1 aromatic heterocycles. The number of rotatable bonds is 4. The Bertz CT molecular complexity index is 674. The van der Waals surface area contributed by atoms with Gasteiger partial charge in [0, 0.05) is 18.7 Å². The number of anilines is 3. The third-order valence-electron chi connectivity index (χ3n) is 2.78. The van der Waals surface area contributed by atoms with Gasteiger partial charge in [0.2, 0.25) is 0 Å². The van der Waals surface area contributed by atoms with Crippen molar-refractivity contribution in [3.63, 3.8) is 0 Å². The van der Waals surface area contributed by atoms with E-state index in [-0.39, 0.29) is 17.1 Å². The van der Waals surface area contributed by atoms with Gasteiger partial charge in [-0.1, -0.05) is 0 Å². The maximum absolute atomic E-state index is 13.7. The van der Waals surface area contributed by atoms with E-state index in [1.807, 2.05) is 0 Å². The van der Waals surface area contributed by atoms with Gasteiger partial charge in [-0.25, -0.2) is 22.5 Å². The SMILES string of the molecule is CCNc1nc(Nc2cc(F)c(C)cc2F)c(F)cc1F. The van der Waals surface area contributed by atoms with E-state index in [4.69, 9.17) is 0 Å². The third-order valence-corrected chi connectivity index (χ3v) is 2.78. The zero-order chi connectivity index (χ0) is 15.6. The molecule has 3 nitrogen and oxygen atoms in total. The standard InChI is InChI=1S/C14H13F4N3/c1-3-19-13-10(17)5-11(18)14(21-13)20-12-6-8(15)7(2)4-9(12)16/h4-6H,3H2,1-2H3,(H2,19,20,21). The van der Waals surface area contributed by atoms with Crippen molar-refractivity contribution in [1.82, 2.24) is 4.98 Å². The second kappa shape index (κ2) is 5.99. The number of benzene rings is 1. The number of nitrogens with zero attached hydrogens (tertiary/aromatic N) is 1. The molecule has 0 spiro atoms. The highest BCUT2D eigenvalue weighted by molar-refractivity contribution is 5.60. The molecule has 112 valence electrons. The normalized spacial score (nSPS) is 10.6. The van der Waals surface area contributed by atoms with Crippen LogP contribution in [0.1, 0.15) is 12.5 Å². The van der Waals surface area contributed by atoms with Gasteiger partial charge < -0.3 is 10.6 Å². The van der Waals surface area contributed by atoms with Crippen LogP contribution in [0.5, 0.6) is 0 Å². The topological polar surface area (TPSA) is 37.0 Å². The van der Waals surface area contributed by atoms with Gasteiger partial charge in [-0.05, 0) is 25.5 Å². The van der Waals surface area contributed by atoms with Gasteiger partial charge in [0.1, 0.15) is 11.6 Å². The number of aryl methyl sites for hydroxylation is 1. The van der Waals surface area contributed by atoms with Crippen LogP contribution in [-0.4, -0.2) is 11.5 Å². The quantitative estimate of drug-likeness (QED) is 0.834. The van der Waals surface area contributed by atoms with Crippen LogP contribution in [0.3, 0.4) is 0 Å². The minimum Gasteiger partial charge on any atom is -0.368 e. The molecule has 1 aromatic carbocycles. The lowest BCUT2D eigenvalue weighted by Gasteiger charge is -2.11. The summed E-state index contributed by atoms with van der Waals surface area (Å²) in [7, 11) is 0. The van der Waals surface area contributed by atoms with Crippen molar-refractivity contribution in [2.24, 2.45) is 0 Å². The van der Waals surface area contributed by atoms with Crippen molar-refractivity contribution in [3.8, 4) is 0 Å². The van der Waals surface area contributed by atoms with Gasteiger partial charge in [-0.3, -0.25) is 0 Å². The van der Waals surface area contributed by atoms with Gasteiger partial charge in [-0.15, -0.1) is 0 Å². The van der Waals surface area contributed by atoms with E-state index < -0.39 is 29.1 Å². The maximum atomic E-state index is 13.7. The Labute approximate surface area is 119 Å². The monoisotopic (exact) mass is 299 g/mol. The Hall–Kier alpha value is -2.31. The van der Waals surface area contributed by atoms with Crippen molar-refractivity contribution in [3.05, 3.63) is 47.0 Å². The minimum absolute atomic E-state index is 0.124. The minimum atomic E-state index is -1.01. The van der Waals surface area contributed by atoms with Crippen LogP contribution < -0.4 is 10.6 Å². The Balaban J connectivity index is 2.39. The highest BCUT2D eigenvalue weighted by atomic mass is 19.1. The smallest absolute Gasteiger partial charge is 0.169 e. The van der Waals surface area contributed by atoms with Crippen LogP contribution in [0.15, 0.2) is 18.2 Å². The summed E-state index contributed by atoms with van der Waals surface area (Å²) in [4.78, 5) is 3.69. The molecule has 2 aromatic rings. The van der Waals surface area contributed by atoms with E-state index in [1.54, 1.807) is 6.92 Å². The van der Waals surface area contributed by atoms with Crippen molar-refractivity contribution >= 4 is 17.3 Å². The lowest BCUT2D eigenvalue weighted by Crippen LogP contribution is -2.07. The first-order chi connectivity index (χ1) is 9.92. The van der Waals surface area contributed by atoms with Gasteiger partial charge in [0.25, 0.3) is 0 Å². The molecule has 0 unspecified atom stereocenters. The largest absolute Gasteiger partial charge is 0.368 e. The lowest BCUT2D eigenvalue weighted by atomic mass is 10.2. The zero-order valence-electron chi connectivity index (χ0n) is 11.4. The fourth-order valence-corrected chi connectivity index (χ4v) is 1.72. The molecule has 2 rings (SSSR count). The number of halogens is 4. The predicted octanol–water partition coefficient (Wildman–Crippen LogP) is 4.12. The molecule has 0 radical (unpaired) electrons. The molecule has 0 fully saturated rings. The molecular weight excluding hydrogens is 286 g/mol. The number of aromatic nitrogens is 1. The molecule has 0 bridgehead atoms. The van der Waals surface area contributed by atoms with Crippen molar-refractivity contribution < 1.29 is 17.6 Å². The molecule has 0 aliphatic carbocycles. The molecule has 0 aliphatic rings. The first-order valence-electron chi connectivity index (χ1n) is 6.25. The summed E-state index contributed by atoms with van der Waals surface area (Å²) in [5.74, 6) is -3.84. The average Bonchev–Trinajstić information content (AvgIpc) is 2.41. The Kier molecular flexibility index (Phi) is 4.30. The molecule has 7 heteroatoms. The number of pyridine rings is 1. The van der Waals surface area contributed by atoms with Gasteiger partial charge in [-0.2, -0.15) is 0 Å². The van der Waals surface area contributed by atoms with Crippen LogP contribution in [0, 0.1) is 30.2 Å². The summed E-state index contributed by atoms with van der Waals surface area (Å²) in [6.45, 7) is 3.50. The molecule has 0 atom stereocenters. The molecule has 0 aliphatic heterocycles. The first kappa shape index (κ1) is 15.1. The summed E-state index contributed by atoms with van der Waals surface area (Å²) < 4.78 is 54.2. The van der Waals surface area contributed by atoms with Gasteiger partial charge >= 0.3 is 0 Å². The summed E-state index contributed by atoms with van der Waals surface area (Å²) in [6.07, 6.45) is 0. The van der Waals surface area contributed by atoms with Gasteiger partial charge in [0.05, 0.1) is 5.69 Å². The van der Waals surface area contributed by atoms with Crippen LogP contribution in [0.25, 0.3) is 0 Å². The molecule has 0 saturated heterocycles. The second-order valence-corrected chi connectivity index (χ2v) is 4.39. The number of hydrogen-bond acceptors (Lipinski definition) is 3. The van der Waals surface area contributed by atoms with Crippen LogP contribution in [-0.2, 0) is 0 Å². The Morgan fingerprint density at radius 3 is 2.24 bits per heavy atom. The van der Waals surface area contributed by atoms with E-state index in [0.29, 0.717) is 12.6 Å². The second-order valence-electron chi connectivity index (χ2n) is 4.39. The van der Waals surface area contributed by atoms with E-state index in [0.717, 1.165) is 12.1 Å². The van der Waals surface area contributed by atoms with Crippen molar-refractivity contribution in [2.75, 3.05) is 17.2 Å². The maximum Gasteiger partial charge on any atom is 0.169 e. The fraction of sp³-hybridized carbons (Fsp3) is 0.214. The summed E-state index contributed by atoms with van der Waals surface area (Å²) in [5, 5.41) is 4.93. The van der Waals surface area contributed by atoms with Crippen LogP contribution in [0.2, 0.25) is 0 Å². The summed E-state index contributed by atoms with van der Waals surface area (Å²) >= 11 is 0. The zero-order valence-corrected chi connectivity index (χ0v) is 11.4. The number of hydrogen-bond donors (Lipinski definition) is 2. The van der Waals surface area contributed by atoms with Crippen molar-refractivity contribution in [1.29, 1.82) is 0 Å². The Morgan fingerprint density at radius 1 is 0.905 bits per heavy atom. The van der Waals surface area contributed by atoms with Crippen molar-refractivity contribution in [2.45, 2.75) is 13.8 Å². The highest BCUT2D eigenvalue weighted by Crippen LogP contribution is 2.25. The van der Waals surface area contributed by atoms with Gasteiger partial charge in [0.15, 0.2) is 23.3 Å². The van der Waals surface area contributed by atoms with E-state index in [1.165, 1.54) is 6.92 Å². The van der Waals surface area contributed by atoms with E-state index in [2.05, 4.69) is 15.6 Å². The number of nitrogens with one attached hydrogen (secondary N) is 2. The highest BCUT2D eigenvalue weighted by Gasteiger charge is 2.14.